The van der Waals surface area contributed by atoms with Crippen molar-refractivity contribution in [1.29, 1.82) is 0 Å². The summed E-state index contributed by atoms with van der Waals surface area (Å²) in [5.41, 5.74) is 0. The van der Waals surface area contributed by atoms with E-state index in [0.717, 1.165) is 0 Å². The maximum Gasteiger partial charge on any atom is 0.329 e. The molecule has 0 unspecified atom stereocenters. The third kappa shape index (κ3) is 4.55. The summed E-state index contributed by atoms with van der Waals surface area (Å²) < 4.78 is 9.76. The van der Waals surface area contributed by atoms with E-state index in [1.807, 2.05) is 13.8 Å². The minimum absolute atomic E-state index is 0.0634. The average Bonchev–Trinajstić information content (AvgIpc) is 2.50. The van der Waals surface area contributed by atoms with Crippen LogP contribution >= 0.6 is 0 Å². The summed E-state index contributed by atoms with van der Waals surface area (Å²) >= 11 is 0. The van der Waals surface area contributed by atoms with Gasteiger partial charge in [0.1, 0.15) is 13.2 Å². The molecule has 0 radical (unpaired) electrons. The summed E-state index contributed by atoms with van der Waals surface area (Å²) in [7, 11) is 0. The molecule has 15 heavy (non-hydrogen) atoms. The summed E-state index contributed by atoms with van der Waals surface area (Å²) in [5, 5.41) is 12.0. The van der Waals surface area contributed by atoms with E-state index < -0.39 is 5.97 Å². The molecule has 0 aliphatic rings. The van der Waals surface area contributed by atoms with E-state index in [9.17, 15) is 4.79 Å². The van der Waals surface area contributed by atoms with Gasteiger partial charge in [-0.25, -0.2) is 4.79 Å². The lowest BCUT2D eigenvalue weighted by molar-refractivity contribution is -0.142. The van der Waals surface area contributed by atoms with Gasteiger partial charge in [-0.05, 0) is 5.92 Å². The largest absolute Gasteiger partial charge is 0.480 e. The molecule has 0 saturated heterocycles. The molecule has 0 aliphatic heterocycles. The number of hydrogen-bond acceptors (Lipinski definition) is 5. The predicted octanol–water partition coefficient (Wildman–Crippen LogP) is 0.869. The first-order chi connectivity index (χ1) is 7.08. The number of rotatable bonds is 6. The maximum atomic E-state index is 10.2. The molecule has 1 aromatic heterocycles. The molecule has 1 rings (SSSR count). The van der Waals surface area contributed by atoms with E-state index in [2.05, 4.69) is 10.1 Å². The molecule has 1 N–H and O–H groups in total. The molecule has 6 heteroatoms. The zero-order valence-electron chi connectivity index (χ0n) is 8.77. The molecule has 0 spiro atoms. The summed E-state index contributed by atoms with van der Waals surface area (Å²) in [6.07, 6.45) is 0.714. The number of hydrogen-bond donors (Lipinski definition) is 1. The van der Waals surface area contributed by atoms with Crippen molar-refractivity contribution in [1.82, 2.24) is 10.1 Å². The number of aliphatic carboxylic acids is 1. The lowest BCUT2D eigenvalue weighted by Gasteiger charge is -1.96. The van der Waals surface area contributed by atoms with Gasteiger partial charge in [-0.3, -0.25) is 0 Å². The number of nitrogens with zero attached hydrogens (tertiary/aromatic N) is 2. The van der Waals surface area contributed by atoms with Gasteiger partial charge < -0.3 is 14.4 Å². The second kappa shape index (κ2) is 5.45. The molecule has 0 atom stereocenters. The van der Waals surface area contributed by atoms with Crippen LogP contribution in [0, 0.1) is 5.92 Å². The van der Waals surface area contributed by atoms with Gasteiger partial charge in [-0.1, -0.05) is 19.0 Å². The standard InChI is InChI=1S/C9H14N2O4/c1-6(2)3-8-10-7(11-15-8)4-14-5-9(12)13/h6H,3-5H2,1-2H3,(H,12,13). The Kier molecular flexibility index (Phi) is 4.23. The molecule has 6 nitrogen and oxygen atoms in total. The van der Waals surface area contributed by atoms with Crippen LogP contribution in [0.5, 0.6) is 0 Å². The molecule has 0 aliphatic carbocycles. The van der Waals surface area contributed by atoms with Crippen molar-refractivity contribution in [2.75, 3.05) is 6.61 Å². The molecule has 84 valence electrons. The van der Waals surface area contributed by atoms with Crippen molar-refractivity contribution in [2.24, 2.45) is 5.92 Å². The third-order valence-electron chi connectivity index (χ3n) is 1.55. The fourth-order valence-electron chi connectivity index (χ4n) is 1.01. The number of carboxylic acids is 1. The minimum Gasteiger partial charge on any atom is -0.480 e. The van der Waals surface area contributed by atoms with Crippen LogP contribution in [0.4, 0.5) is 0 Å². The van der Waals surface area contributed by atoms with E-state index in [0.29, 0.717) is 24.1 Å². The quantitative estimate of drug-likeness (QED) is 0.756. The van der Waals surface area contributed by atoms with Crippen molar-refractivity contribution < 1.29 is 19.2 Å². The minimum atomic E-state index is -1.01. The van der Waals surface area contributed by atoms with Crippen molar-refractivity contribution in [3.05, 3.63) is 11.7 Å². The number of aromatic nitrogens is 2. The number of ether oxygens (including phenoxy) is 1. The van der Waals surface area contributed by atoms with E-state index in [1.165, 1.54) is 0 Å². The van der Waals surface area contributed by atoms with Crippen molar-refractivity contribution in [3.8, 4) is 0 Å². The van der Waals surface area contributed by atoms with E-state index in [1.54, 1.807) is 0 Å². The van der Waals surface area contributed by atoms with Crippen molar-refractivity contribution in [2.45, 2.75) is 26.9 Å². The van der Waals surface area contributed by atoms with Gasteiger partial charge in [-0.2, -0.15) is 4.98 Å². The highest BCUT2D eigenvalue weighted by Gasteiger charge is 2.08. The first-order valence-electron chi connectivity index (χ1n) is 4.69. The molecule has 0 aromatic carbocycles. The van der Waals surface area contributed by atoms with Crippen LogP contribution in [-0.4, -0.2) is 27.8 Å². The summed E-state index contributed by atoms with van der Waals surface area (Å²) in [5.74, 6) is 0.366. The average molecular weight is 214 g/mol. The Morgan fingerprint density at radius 1 is 1.60 bits per heavy atom. The highest BCUT2D eigenvalue weighted by Crippen LogP contribution is 2.05. The Morgan fingerprint density at radius 3 is 2.93 bits per heavy atom. The fourth-order valence-corrected chi connectivity index (χ4v) is 1.01. The van der Waals surface area contributed by atoms with Gasteiger partial charge in [0.2, 0.25) is 5.89 Å². The van der Waals surface area contributed by atoms with E-state index in [4.69, 9.17) is 14.4 Å². The van der Waals surface area contributed by atoms with E-state index >= 15 is 0 Å². The highest BCUT2D eigenvalue weighted by molar-refractivity contribution is 5.67. The molecule has 0 bridgehead atoms. The van der Waals surface area contributed by atoms with Crippen molar-refractivity contribution in [3.63, 3.8) is 0 Å². The second-order valence-electron chi connectivity index (χ2n) is 3.59. The lowest BCUT2D eigenvalue weighted by atomic mass is 10.1. The van der Waals surface area contributed by atoms with Crippen LogP contribution in [0.15, 0.2) is 4.52 Å². The molecule has 1 aromatic rings. The molecule has 0 saturated carbocycles. The molecular formula is C9H14N2O4. The maximum absolute atomic E-state index is 10.2. The monoisotopic (exact) mass is 214 g/mol. The number of carbonyl (C=O) groups is 1. The van der Waals surface area contributed by atoms with Gasteiger partial charge in [0.15, 0.2) is 5.82 Å². The van der Waals surface area contributed by atoms with Crippen LogP contribution in [-0.2, 0) is 22.6 Å². The van der Waals surface area contributed by atoms with Crippen LogP contribution in [0.3, 0.4) is 0 Å². The first kappa shape index (κ1) is 11.6. The summed E-state index contributed by atoms with van der Waals surface area (Å²) in [6.45, 7) is 3.80. The third-order valence-corrected chi connectivity index (χ3v) is 1.55. The van der Waals surface area contributed by atoms with E-state index in [-0.39, 0.29) is 13.2 Å². The predicted molar refractivity (Wildman–Crippen MR) is 50.1 cm³/mol. The second-order valence-corrected chi connectivity index (χ2v) is 3.59. The van der Waals surface area contributed by atoms with Gasteiger partial charge in [-0.15, -0.1) is 0 Å². The SMILES string of the molecule is CC(C)Cc1nc(COCC(=O)O)no1. The van der Waals surface area contributed by atoms with Gasteiger partial charge in [0.25, 0.3) is 0 Å². The van der Waals surface area contributed by atoms with Gasteiger partial charge >= 0.3 is 5.97 Å². The Bertz CT molecular complexity index is 322. The molecule has 1 heterocycles. The van der Waals surface area contributed by atoms with Crippen LogP contribution in [0.2, 0.25) is 0 Å². The Morgan fingerprint density at radius 2 is 2.33 bits per heavy atom. The Hall–Kier alpha value is -1.43. The van der Waals surface area contributed by atoms with Gasteiger partial charge in [0.05, 0.1) is 0 Å². The zero-order valence-corrected chi connectivity index (χ0v) is 8.77. The Labute approximate surface area is 87.2 Å². The first-order valence-corrected chi connectivity index (χ1v) is 4.69. The number of carboxylic acid groups (broad SMARTS) is 1. The Balaban J connectivity index is 2.36. The summed E-state index contributed by atoms with van der Waals surface area (Å²) in [6, 6.07) is 0. The molecule has 0 fully saturated rings. The summed E-state index contributed by atoms with van der Waals surface area (Å²) in [4.78, 5) is 14.2. The van der Waals surface area contributed by atoms with Crippen LogP contribution in [0.25, 0.3) is 0 Å². The zero-order chi connectivity index (χ0) is 11.3. The molecule has 0 amide bonds. The topological polar surface area (TPSA) is 85.5 Å². The highest BCUT2D eigenvalue weighted by atomic mass is 16.5. The smallest absolute Gasteiger partial charge is 0.329 e. The fraction of sp³-hybridized carbons (Fsp3) is 0.667. The van der Waals surface area contributed by atoms with Gasteiger partial charge in [0, 0.05) is 6.42 Å². The van der Waals surface area contributed by atoms with Crippen molar-refractivity contribution >= 4 is 5.97 Å². The normalized spacial score (nSPS) is 10.9. The van der Waals surface area contributed by atoms with Crippen LogP contribution in [0.1, 0.15) is 25.6 Å². The molecular weight excluding hydrogens is 200 g/mol. The van der Waals surface area contributed by atoms with Crippen LogP contribution < -0.4 is 0 Å². The lowest BCUT2D eigenvalue weighted by Crippen LogP contribution is -2.07.